The maximum atomic E-state index is 6.12. The Bertz CT molecular complexity index is 459. The van der Waals surface area contributed by atoms with E-state index in [0.717, 1.165) is 18.2 Å². The molecule has 1 aromatic heterocycles. The smallest absolute Gasteiger partial charge is 0.137 e. The summed E-state index contributed by atoms with van der Waals surface area (Å²) >= 11 is 6.12. The Morgan fingerprint density at radius 2 is 1.85 bits per heavy atom. The van der Waals surface area contributed by atoms with Crippen LogP contribution in [0.4, 0.5) is 5.82 Å². The highest BCUT2D eigenvalue weighted by Gasteiger charge is 2.27. The molecule has 0 spiro atoms. The summed E-state index contributed by atoms with van der Waals surface area (Å²) in [4.78, 5) is 8.95. The summed E-state index contributed by atoms with van der Waals surface area (Å²) in [5, 5.41) is 3.99. The van der Waals surface area contributed by atoms with E-state index in [0.29, 0.717) is 10.6 Å². The minimum Gasteiger partial charge on any atom is -0.369 e. The number of hydrogen-bond acceptors (Lipinski definition) is 3. The Hall–Kier alpha value is -0.830. The fraction of sp³-hybridized carbons (Fsp3) is 0.750. The van der Waals surface area contributed by atoms with Crippen molar-refractivity contribution in [1.82, 2.24) is 9.97 Å². The summed E-state index contributed by atoms with van der Waals surface area (Å²) in [6, 6.07) is 1.82. The highest BCUT2D eigenvalue weighted by atomic mass is 35.5. The standard InChI is InChI=1S/C16H26ClN3/c1-15(2,3)14-19-12(17)10-13(20-14)18-11-16(4)8-6-5-7-9-16/h10H,5-9,11H2,1-4H3,(H,18,19,20). The fourth-order valence-electron chi connectivity index (χ4n) is 2.73. The Balaban J connectivity index is 2.07. The van der Waals surface area contributed by atoms with Crippen LogP contribution in [0.15, 0.2) is 6.07 Å². The predicted octanol–water partition coefficient (Wildman–Crippen LogP) is 4.81. The summed E-state index contributed by atoms with van der Waals surface area (Å²) in [7, 11) is 0. The van der Waals surface area contributed by atoms with E-state index in [1.807, 2.05) is 6.07 Å². The van der Waals surface area contributed by atoms with Crippen molar-refractivity contribution in [2.45, 2.75) is 65.2 Å². The van der Waals surface area contributed by atoms with Crippen LogP contribution >= 0.6 is 11.6 Å². The van der Waals surface area contributed by atoms with Gasteiger partial charge in [0, 0.05) is 18.0 Å². The number of aromatic nitrogens is 2. The molecular formula is C16H26ClN3. The van der Waals surface area contributed by atoms with E-state index in [4.69, 9.17) is 11.6 Å². The third kappa shape index (κ3) is 4.08. The molecule has 3 nitrogen and oxygen atoms in total. The van der Waals surface area contributed by atoms with E-state index < -0.39 is 0 Å². The molecule has 1 saturated carbocycles. The third-order valence-electron chi connectivity index (χ3n) is 4.12. The number of halogens is 1. The number of nitrogens with zero attached hydrogens (tertiary/aromatic N) is 2. The Morgan fingerprint density at radius 1 is 1.20 bits per heavy atom. The second kappa shape index (κ2) is 5.88. The first-order valence-electron chi connectivity index (χ1n) is 7.57. The van der Waals surface area contributed by atoms with E-state index in [-0.39, 0.29) is 5.41 Å². The zero-order valence-corrected chi connectivity index (χ0v) is 13.8. The molecule has 1 aromatic rings. The molecule has 1 N–H and O–H groups in total. The maximum absolute atomic E-state index is 6.12. The summed E-state index contributed by atoms with van der Waals surface area (Å²) in [6.07, 6.45) is 6.66. The molecular weight excluding hydrogens is 270 g/mol. The lowest BCUT2D eigenvalue weighted by atomic mass is 9.76. The lowest BCUT2D eigenvalue weighted by Crippen LogP contribution is -2.29. The van der Waals surface area contributed by atoms with Gasteiger partial charge >= 0.3 is 0 Å². The van der Waals surface area contributed by atoms with Gasteiger partial charge in [0.1, 0.15) is 16.8 Å². The zero-order valence-electron chi connectivity index (χ0n) is 13.1. The number of rotatable bonds is 3. The molecule has 2 rings (SSSR count). The Labute approximate surface area is 127 Å². The Kier molecular flexibility index (Phi) is 4.58. The first kappa shape index (κ1) is 15.6. The summed E-state index contributed by atoms with van der Waals surface area (Å²) in [5.41, 5.74) is 0.299. The number of nitrogens with one attached hydrogen (secondary N) is 1. The summed E-state index contributed by atoms with van der Waals surface area (Å²) in [6.45, 7) is 9.64. The van der Waals surface area contributed by atoms with Crippen LogP contribution in [-0.2, 0) is 5.41 Å². The monoisotopic (exact) mass is 295 g/mol. The van der Waals surface area contributed by atoms with Crippen LogP contribution in [-0.4, -0.2) is 16.5 Å². The molecule has 1 heterocycles. The molecule has 0 bridgehead atoms. The van der Waals surface area contributed by atoms with Crippen molar-refractivity contribution < 1.29 is 0 Å². The minimum absolute atomic E-state index is 0.0872. The molecule has 0 saturated heterocycles. The summed E-state index contributed by atoms with van der Waals surface area (Å²) < 4.78 is 0. The number of anilines is 1. The molecule has 20 heavy (non-hydrogen) atoms. The lowest BCUT2D eigenvalue weighted by Gasteiger charge is -2.34. The van der Waals surface area contributed by atoms with Gasteiger partial charge in [-0.1, -0.05) is 58.6 Å². The van der Waals surface area contributed by atoms with Crippen LogP contribution in [0, 0.1) is 5.41 Å². The summed E-state index contributed by atoms with van der Waals surface area (Å²) in [5.74, 6) is 1.64. The van der Waals surface area contributed by atoms with Crippen molar-refractivity contribution in [2.75, 3.05) is 11.9 Å². The van der Waals surface area contributed by atoms with Gasteiger partial charge in [0.05, 0.1) is 0 Å². The normalized spacial score (nSPS) is 18.9. The second-order valence-corrected chi connectivity index (χ2v) is 7.76. The average molecular weight is 296 g/mol. The van der Waals surface area contributed by atoms with Gasteiger partial charge in [0.15, 0.2) is 0 Å². The molecule has 1 aliphatic carbocycles. The molecule has 1 aliphatic rings. The van der Waals surface area contributed by atoms with Crippen LogP contribution in [0.5, 0.6) is 0 Å². The second-order valence-electron chi connectivity index (χ2n) is 7.37. The van der Waals surface area contributed by atoms with Gasteiger partial charge in [0.25, 0.3) is 0 Å². The quantitative estimate of drug-likeness (QED) is 0.813. The van der Waals surface area contributed by atoms with Crippen molar-refractivity contribution in [1.29, 1.82) is 0 Å². The third-order valence-corrected chi connectivity index (χ3v) is 4.32. The van der Waals surface area contributed by atoms with Crippen molar-refractivity contribution in [3.05, 3.63) is 17.0 Å². The van der Waals surface area contributed by atoms with Gasteiger partial charge in [-0.2, -0.15) is 0 Å². The van der Waals surface area contributed by atoms with Crippen LogP contribution < -0.4 is 5.32 Å². The fourth-order valence-corrected chi connectivity index (χ4v) is 2.91. The predicted molar refractivity (Wildman–Crippen MR) is 85.4 cm³/mol. The Morgan fingerprint density at radius 3 is 2.45 bits per heavy atom. The molecule has 1 fully saturated rings. The molecule has 0 radical (unpaired) electrons. The molecule has 0 aliphatic heterocycles. The van der Waals surface area contributed by atoms with Crippen LogP contribution in [0.3, 0.4) is 0 Å². The van der Waals surface area contributed by atoms with Crippen LogP contribution in [0.1, 0.15) is 65.6 Å². The first-order valence-corrected chi connectivity index (χ1v) is 7.95. The largest absolute Gasteiger partial charge is 0.369 e. The van der Waals surface area contributed by atoms with Gasteiger partial charge in [-0.05, 0) is 18.3 Å². The molecule has 0 amide bonds. The van der Waals surface area contributed by atoms with Gasteiger partial charge in [-0.25, -0.2) is 9.97 Å². The molecule has 0 atom stereocenters. The lowest BCUT2D eigenvalue weighted by molar-refractivity contribution is 0.233. The van der Waals surface area contributed by atoms with Gasteiger partial charge < -0.3 is 5.32 Å². The topological polar surface area (TPSA) is 37.8 Å². The average Bonchev–Trinajstić information content (AvgIpc) is 2.36. The number of hydrogen-bond donors (Lipinski definition) is 1. The van der Waals surface area contributed by atoms with Crippen molar-refractivity contribution >= 4 is 17.4 Å². The van der Waals surface area contributed by atoms with E-state index in [2.05, 4.69) is 43.0 Å². The van der Waals surface area contributed by atoms with Crippen molar-refractivity contribution in [3.63, 3.8) is 0 Å². The molecule has 0 unspecified atom stereocenters. The molecule has 0 aromatic carbocycles. The van der Waals surface area contributed by atoms with E-state index in [1.165, 1.54) is 32.1 Å². The molecule has 112 valence electrons. The SMILES string of the molecule is CC1(CNc2cc(Cl)nc(C(C)(C)C)n2)CCCCC1. The van der Waals surface area contributed by atoms with E-state index in [1.54, 1.807) is 0 Å². The van der Waals surface area contributed by atoms with Crippen molar-refractivity contribution in [3.8, 4) is 0 Å². The van der Waals surface area contributed by atoms with E-state index >= 15 is 0 Å². The van der Waals surface area contributed by atoms with Gasteiger partial charge in [0.2, 0.25) is 0 Å². The van der Waals surface area contributed by atoms with Gasteiger partial charge in [-0.3, -0.25) is 0 Å². The van der Waals surface area contributed by atoms with Crippen molar-refractivity contribution in [2.24, 2.45) is 5.41 Å². The van der Waals surface area contributed by atoms with Gasteiger partial charge in [-0.15, -0.1) is 0 Å². The maximum Gasteiger partial charge on any atom is 0.137 e. The van der Waals surface area contributed by atoms with Crippen LogP contribution in [0.25, 0.3) is 0 Å². The zero-order chi connectivity index (χ0) is 14.8. The molecule has 4 heteroatoms. The highest BCUT2D eigenvalue weighted by molar-refractivity contribution is 6.29. The minimum atomic E-state index is -0.0872. The first-order chi connectivity index (χ1) is 9.28. The van der Waals surface area contributed by atoms with Crippen LogP contribution in [0.2, 0.25) is 5.15 Å². The highest BCUT2D eigenvalue weighted by Crippen LogP contribution is 2.35. The van der Waals surface area contributed by atoms with E-state index in [9.17, 15) is 0 Å².